The number of benzene rings is 2. The van der Waals surface area contributed by atoms with Gasteiger partial charge < -0.3 is 13.6 Å². The van der Waals surface area contributed by atoms with Gasteiger partial charge in [-0.2, -0.15) is 0 Å². The largest absolute Gasteiger partial charge is 0.440 e. The number of halogens is 1. The maximum absolute atomic E-state index is 12.6. The van der Waals surface area contributed by atoms with Gasteiger partial charge in [0, 0.05) is 66.0 Å². The SMILES string of the molecule is Cn1c(-c2ccc(-n3ccnc3)cc2)cnc1C(Cc1ccccn1)N(C=O)c1cc2ccc(Cl)cc2o1. The second-order valence-electron chi connectivity index (χ2n) is 8.90. The molecule has 38 heavy (non-hydrogen) atoms. The van der Waals surface area contributed by atoms with Gasteiger partial charge in [-0.25, -0.2) is 9.97 Å². The predicted octanol–water partition coefficient (Wildman–Crippen LogP) is 6.01. The summed E-state index contributed by atoms with van der Waals surface area (Å²) in [6.07, 6.45) is 10.2. The molecule has 0 bridgehead atoms. The minimum atomic E-state index is -0.470. The molecule has 1 unspecified atom stereocenters. The molecule has 0 saturated heterocycles. The van der Waals surface area contributed by atoms with Gasteiger partial charge in [0.1, 0.15) is 17.4 Å². The van der Waals surface area contributed by atoms with Crippen molar-refractivity contribution in [2.24, 2.45) is 7.05 Å². The monoisotopic (exact) mass is 522 g/mol. The Morgan fingerprint density at radius 3 is 2.66 bits per heavy atom. The second kappa shape index (κ2) is 9.99. The Kier molecular flexibility index (Phi) is 6.23. The Hall–Kier alpha value is -4.69. The van der Waals surface area contributed by atoms with Crippen LogP contribution in [0.15, 0.2) is 102 Å². The quantitative estimate of drug-likeness (QED) is 0.228. The third-order valence-electron chi connectivity index (χ3n) is 6.59. The highest BCUT2D eigenvalue weighted by Gasteiger charge is 2.29. The molecule has 6 aromatic rings. The Morgan fingerprint density at radius 2 is 1.92 bits per heavy atom. The normalized spacial score (nSPS) is 12.1. The first-order chi connectivity index (χ1) is 18.6. The van der Waals surface area contributed by atoms with Crippen LogP contribution in [0.25, 0.3) is 27.9 Å². The van der Waals surface area contributed by atoms with Crippen LogP contribution in [0.4, 0.5) is 5.88 Å². The number of pyridine rings is 1. The van der Waals surface area contributed by atoms with Crippen LogP contribution >= 0.6 is 11.6 Å². The zero-order valence-electron chi connectivity index (χ0n) is 20.5. The summed E-state index contributed by atoms with van der Waals surface area (Å²) in [6.45, 7) is 0. The van der Waals surface area contributed by atoms with Crippen LogP contribution in [-0.4, -0.2) is 30.5 Å². The summed E-state index contributed by atoms with van der Waals surface area (Å²) in [4.78, 5) is 27.5. The zero-order valence-corrected chi connectivity index (χ0v) is 21.2. The van der Waals surface area contributed by atoms with Crippen molar-refractivity contribution >= 4 is 34.9 Å². The average molecular weight is 523 g/mol. The van der Waals surface area contributed by atoms with Crippen molar-refractivity contribution in [2.45, 2.75) is 12.5 Å². The van der Waals surface area contributed by atoms with Gasteiger partial charge in [-0.1, -0.05) is 29.8 Å². The summed E-state index contributed by atoms with van der Waals surface area (Å²) in [6, 6.07) is 20.7. The van der Waals surface area contributed by atoms with E-state index >= 15 is 0 Å². The zero-order chi connectivity index (χ0) is 26.1. The minimum absolute atomic E-state index is 0.410. The average Bonchev–Trinajstić information content (AvgIpc) is 3.69. The van der Waals surface area contributed by atoms with Crippen molar-refractivity contribution in [3.05, 3.63) is 114 Å². The first-order valence-electron chi connectivity index (χ1n) is 12.0. The van der Waals surface area contributed by atoms with Gasteiger partial charge in [-0.15, -0.1) is 0 Å². The number of nitrogens with zero attached hydrogens (tertiary/aromatic N) is 6. The number of amides is 1. The van der Waals surface area contributed by atoms with Crippen LogP contribution in [0.5, 0.6) is 0 Å². The molecule has 0 fully saturated rings. The van der Waals surface area contributed by atoms with Gasteiger partial charge >= 0.3 is 0 Å². The maximum Gasteiger partial charge on any atom is 0.217 e. The first kappa shape index (κ1) is 23.7. The van der Waals surface area contributed by atoms with E-state index in [9.17, 15) is 4.79 Å². The number of hydrogen-bond donors (Lipinski definition) is 0. The highest BCUT2D eigenvalue weighted by Crippen LogP contribution is 2.35. The van der Waals surface area contributed by atoms with Crippen molar-refractivity contribution in [1.29, 1.82) is 0 Å². The fourth-order valence-corrected chi connectivity index (χ4v) is 4.81. The standard InChI is InChI=1S/C29H23ClN6O2/c1-34-26(20-6-9-24(10-7-20)35-13-12-31-18-35)17-33-29(34)25(16-23-4-2-3-11-32-23)36(19-37)28-14-21-5-8-22(30)15-27(21)38-28/h2-15,17-19,25H,16H2,1H3. The van der Waals surface area contributed by atoms with Crippen LogP contribution in [0, 0.1) is 0 Å². The van der Waals surface area contributed by atoms with Gasteiger partial charge in [-0.3, -0.25) is 14.7 Å². The molecule has 0 saturated carbocycles. The van der Waals surface area contributed by atoms with Gasteiger partial charge in [0.15, 0.2) is 0 Å². The molecule has 8 nitrogen and oxygen atoms in total. The molecule has 0 radical (unpaired) electrons. The number of rotatable bonds is 8. The number of carbonyl (C=O) groups excluding carboxylic acids is 1. The summed E-state index contributed by atoms with van der Waals surface area (Å²) in [5, 5.41) is 1.42. The van der Waals surface area contributed by atoms with Crippen LogP contribution in [0.3, 0.4) is 0 Å². The molecular weight excluding hydrogens is 500 g/mol. The number of carbonyl (C=O) groups is 1. The van der Waals surface area contributed by atoms with E-state index in [0.717, 1.165) is 34.4 Å². The topological polar surface area (TPSA) is 82.0 Å². The van der Waals surface area contributed by atoms with Gasteiger partial charge in [0.2, 0.25) is 12.3 Å². The number of fused-ring (bicyclic) bond motifs is 1. The van der Waals surface area contributed by atoms with Crippen molar-refractivity contribution in [1.82, 2.24) is 24.1 Å². The molecule has 0 aliphatic rings. The highest BCUT2D eigenvalue weighted by molar-refractivity contribution is 6.31. The molecule has 1 atom stereocenters. The maximum atomic E-state index is 12.6. The van der Waals surface area contributed by atoms with E-state index in [1.807, 2.05) is 83.2 Å². The summed E-state index contributed by atoms with van der Waals surface area (Å²) in [5.74, 6) is 1.11. The fraction of sp³-hybridized carbons (Fsp3) is 0.103. The van der Waals surface area contributed by atoms with E-state index in [4.69, 9.17) is 21.0 Å². The molecule has 188 valence electrons. The Labute approximate surface area is 223 Å². The molecule has 0 aliphatic heterocycles. The third kappa shape index (κ3) is 4.46. The number of imidazole rings is 2. The van der Waals surface area contributed by atoms with E-state index < -0.39 is 6.04 Å². The lowest BCUT2D eigenvalue weighted by atomic mass is 10.1. The molecule has 0 N–H and O–H groups in total. The molecule has 4 heterocycles. The van der Waals surface area contributed by atoms with Gasteiger partial charge in [0.25, 0.3) is 0 Å². The molecule has 4 aromatic heterocycles. The Bertz CT molecular complexity index is 1690. The van der Waals surface area contributed by atoms with E-state index in [1.165, 1.54) is 0 Å². The molecule has 6 rings (SSSR count). The lowest BCUT2D eigenvalue weighted by Gasteiger charge is -2.26. The smallest absolute Gasteiger partial charge is 0.217 e. The predicted molar refractivity (Wildman–Crippen MR) is 146 cm³/mol. The van der Waals surface area contributed by atoms with Crippen molar-refractivity contribution in [3.8, 4) is 16.9 Å². The summed E-state index contributed by atoms with van der Waals surface area (Å²) in [5.41, 5.74) is 4.37. The molecule has 0 aliphatic carbocycles. The van der Waals surface area contributed by atoms with E-state index in [2.05, 4.69) is 9.97 Å². The van der Waals surface area contributed by atoms with E-state index in [1.54, 1.807) is 35.8 Å². The second-order valence-corrected chi connectivity index (χ2v) is 9.33. The van der Waals surface area contributed by atoms with Gasteiger partial charge in [-0.05, 0) is 42.0 Å². The van der Waals surface area contributed by atoms with Crippen LogP contribution in [-0.2, 0) is 18.3 Å². The molecule has 2 aromatic carbocycles. The van der Waals surface area contributed by atoms with E-state index in [-0.39, 0.29) is 0 Å². The highest BCUT2D eigenvalue weighted by atomic mass is 35.5. The number of aromatic nitrogens is 5. The van der Waals surface area contributed by atoms with Crippen molar-refractivity contribution in [3.63, 3.8) is 0 Å². The summed E-state index contributed by atoms with van der Waals surface area (Å²) < 4.78 is 10.0. The Morgan fingerprint density at radius 1 is 1.05 bits per heavy atom. The van der Waals surface area contributed by atoms with Crippen LogP contribution < -0.4 is 4.90 Å². The van der Waals surface area contributed by atoms with Crippen LogP contribution in [0.1, 0.15) is 17.6 Å². The molecule has 9 heteroatoms. The van der Waals surface area contributed by atoms with E-state index in [0.29, 0.717) is 28.7 Å². The lowest BCUT2D eigenvalue weighted by Crippen LogP contribution is -2.31. The molecular formula is C29H23ClN6O2. The number of anilines is 1. The number of furan rings is 1. The summed E-state index contributed by atoms with van der Waals surface area (Å²) in [7, 11) is 1.95. The summed E-state index contributed by atoms with van der Waals surface area (Å²) >= 11 is 6.16. The third-order valence-corrected chi connectivity index (χ3v) is 6.82. The first-order valence-corrected chi connectivity index (χ1v) is 12.4. The molecule has 0 spiro atoms. The Balaban J connectivity index is 1.40. The van der Waals surface area contributed by atoms with Crippen LogP contribution in [0.2, 0.25) is 5.02 Å². The number of hydrogen-bond acceptors (Lipinski definition) is 5. The van der Waals surface area contributed by atoms with Gasteiger partial charge in [0.05, 0.1) is 18.2 Å². The fourth-order valence-electron chi connectivity index (χ4n) is 4.65. The van der Waals surface area contributed by atoms with Crippen molar-refractivity contribution in [2.75, 3.05) is 4.90 Å². The van der Waals surface area contributed by atoms with Crippen molar-refractivity contribution < 1.29 is 9.21 Å². The minimum Gasteiger partial charge on any atom is -0.440 e. The molecule has 1 amide bonds. The lowest BCUT2D eigenvalue weighted by molar-refractivity contribution is -0.108.